The number of ether oxygens (including phenoxy) is 1. The van der Waals surface area contributed by atoms with Crippen LogP contribution in [0, 0.1) is 0 Å². The number of hydrogen-bond donors (Lipinski definition) is 1. The molecule has 1 saturated carbocycles. The molecule has 3 heterocycles. The van der Waals surface area contributed by atoms with Gasteiger partial charge >= 0.3 is 6.01 Å². The number of nitrogens with zero attached hydrogens (tertiary/aromatic N) is 5. The second kappa shape index (κ2) is 6.47. The van der Waals surface area contributed by atoms with Crippen molar-refractivity contribution in [3.63, 3.8) is 0 Å². The molecule has 7 heteroatoms. The third-order valence-corrected chi connectivity index (χ3v) is 5.37. The first-order valence-corrected chi connectivity index (χ1v) is 8.78. The van der Waals surface area contributed by atoms with Gasteiger partial charge in [-0.25, -0.2) is 9.97 Å². The largest absolute Gasteiger partial charge is 0.467 e. The molecule has 24 heavy (non-hydrogen) atoms. The molecule has 2 aromatic rings. The second-order valence-electron chi connectivity index (χ2n) is 6.94. The lowest BCUT2D eigenvalue weighted by Crippen LogP contribution is -2.29. The molecule has 128 valence electrons. The fraction of sp³-hybridized carbons (Fsp3) is 0.647. The van der Waals surface area contributed by atoms with Crippen LogP contribution in [0.25, 0.3) is 0 Å². The number of aromatic nitrogens is 5. The van der Waals surface area contributed by atoms with Gasteiger partial charge in [-0.1, -0.05) is 6.42 Å². The van der Waals surface area contributed by atoms with Gasteiger partial charge in [-0.05, 0) is 37.2 Å². The highest BCUT2D eigenvalue weighted by atomic mass is 16.5. The highest BCUT2D eigenvalue weighted by Gasteiger charge is 2.30. The Balaban J connectivity index is 1.51. The Morgan fingerprint density at radius 2 is 1.96 bits per heavy atom. The Morgan fingerprint density at radius 1 is 1.12 bits per heavy atom. The summed E-state index contributed by atoms with van der Waals surface area (Å²) in [5.41, 5.74) is 7.29. The summed E-state index contributed by atoms with van der Waals surface area (Å²) < 4.78 is 7.36. The van der Waals surface area contributed by atoms with Crippen LogP contribution in [0.15, 0.2) is 12.4 Å². The van der Waals surface area contributed by atoms with Crippen LogP contribution < -0.4 is 10.5 Å². The van der Waals surface area contributed by atoms with Gasteiger partial charge in [0.1, 0.15) is 11.6 Å². The van der Waals surface area contributed by atoms with E-state index in [9.17, 15) is 0 Å². The van der Waals surface area contributed by atoms with Crippen molar-refractivity contribution in [3.05, 3.63) is 29.6 Å². The van der Waals surface area contributed by atoms with Crippen molar-refractivity contribution in [2.75, 3.05) is 7.11 Å². The first-order valence-electron chi connectivity index (χ1n) is 8.78. The third kappa shape index (κ3) is 2.88. The zero-order chi connectivity index (χ0) is 16.5. The molecular formula is C17H24N6O. The molecule has 1 fully saturated rings. The molecule has 4 rings (SSSR count). The summed E-state index contributed by atoms with van der Waals surface area (Å²) in [6.45, 7) is 0.958. The molecule has 0 bridgehead atoms. The van der Waals surface area contributed by atoms with Gasteiger partial charge in [0.25, 0.3) is 0 Å². The summed E-state index contributed by atoms with van der Waals surface area (Å²) in [4.78, 5) is 8.45. The highest BCUT2D eigenvalue weighted by Crippen LogP contribution is 2.35. The summed E-state index contributed by atoms with van der Waals surface area (Å²) in [5.74, 6) is 3.09. The van der Waals surface area contributed by atoms with E-state index in [2.05, 4.69) is 24.7 Å². The molecule has 0 aromatic carbocycles. The van der Waals surface area contributed by atoms with Crippen LogP contribution in [0.2, 0.25) is 0 Å². The molecule has 1 aliphatic heterocycles. The summed E-state index contributed by atoms with van der Waals surface area (Å²) in [6, 6.07) is 0.720. The van der Waals surface area contributed by atoms with E-state index in [0.29, 0.717) is 23.9 Å². The summed E-state index contributed by atoms with van der Waals surface area (Å²) in [6.07, 6.45) is 10.2. The number of methoxy groups -OCH3 is 1. The molecular weight excluding hydrogens is 304 g/mol. The fourth-order valence-electron chi connectivity index (χ4n) is 4.04. The molecule has 0 amide bonds. The lowest BCUT2D eigenvalue weighted by atomic mass is 9.85. The lowest BCUT2D eigenvalue weighted by Gasteiger charge is -2.28. The maximum atomic E-state index is 6.15. The van der Waals surface area contributed by atoms with E-state index >= 15 is 0 Å². The Morgan fingerprint density at radius 3 is 2.71 bits per heavy atom. The van der Waals surface area contributed by atoms with Crippen LogP contribution in [-0.4, -0.2) is 37.9 Å². The zero-order valence-corrected chi connectivity index (χ0v) is 14.1. The molecule has 2 aliphatic rings. The normalized spacial score (nSPS) is 26.8. The smallest absolute Gasteiger partial charge is 0.316 e. The van der Waals surface area contributed by atoms with E-state index in [0.717, 1.165) is 49.4 Å². The van der Waals surface area contributed by atoms with Crippen LogP contribution in [0.1, 0.15) is 61.2 Å². The van der Waals surface area contributed by atoms with Crippen LogP contribution in [-0.2, 0) is 13.0 Å². The SMILES string of the molecule is COc1ncc(C2CCn3c(nnc3[C@H]3CCC[C@@H](N)C3)C2)cn1. The maximum Gasteiger partial charge on any atom is 0.316 e. The van der Waals surface area contributed by atoms with Crippen LogP contribution in [0.5, 0.6) is 6.01 Å². The first-order chi connectivity index (χ1) is 11.7. The van der Waals surface area contributed by atoms with Crippen molar-refractivity contribution >= 4 is 0 Å². The van der Waals surface area contributed by atoms with Crippen molar-refractivity contribution < 1.29 is 4.74 Å². The summed E-state index contributed by atoms with van der Waals surface area (Å²) >= 11 is 0. The molecule has 0 radical (unpaired) electrons. The Labute approximate surface area is 141 Å². The van der Waals surface area contributed by atoms with Gasteiger partial charge in [0.2, 0.25) is 0 Å². The quantitative estimate of drug-likeness (QED) is 0.923. The van der Waals surface area contributed by atoms with Crippen molar-refractivity contribution in [3.8, 4) is 6.01 Å². The van der Waals surface area contributed by atoms with Crippen LogP contribution >= 0.6 is 0 Å². The van der Waals surface area contributed by atoms with Crippen LogP contribution in [0.4, 0.5) is 0 Å². The summed E-state index contributed by atoms with van der Waals surface area (Å²) in [5, 5.41) is 8.99. The number of rotatable bonds is 3. The van der Waals surface area contributed by atoms with Gasteiger partial charge in [0, 0.05) is 37.3 Å². The van der Waals surface area contributed by atoms with E-state index < -0.39 is 0 Å². The minimum Gasteiger partial charge on any atom is -0.467 e. The molecule has 2 N–H and O–H groups in total. The highest BCUT2D eigenvalue weighted by molar-refractivity contribution is 5.18. The van der Waals surface area contributed by atoms with Crippen molar-refractivity contribution in [1.29, 1.82) is 0 Å². The standard InChI is InChI=1S/C17H24N6O/c1-24-17-19-9-13(10-20-17)11-5-6-23-15(8-11)21-22-16(23)12-3-2-4-14(18)7-12/h9-12,14H,2-8,18H2,1H3/t11?,12-,14+/m0/s1. The molecule has 1 unspecified atom stereocenters. The Kier molecular flexibility index (Phi) is 4.18. The second-order valence-corrected chi connectivity index (χ2v) is 6.94. The minimum atomic E-state index is 0.310. The molecule has 3 atom stereocenters. The Hall–Kier alpha value is -2.02. The molecule has 7 nitrogen and oxygen atoms in total. The lowest BCUT2D eigenvalue weighted by molar-refractivity contribution is 0.361. The maximum absolute atomic E-state index is 6.15. The van der Waals surface area contributed by atoms with E-state index in [1.54, 1.807) is 7.11 Å². The van der Waals surface area contributed by atoms with E-state index in [-0.39, 0.29) is 0 Å². The minimum absolute atomic E-state index is 0.310. The van der Waals surface area contributed by atoms with E-state index in [1.807, 2.05) is 12.4 Å². The van der Waals surface area contributed by atoms with Gasteiger partial charge in [0.05, 0.1) is 7.11 Å². The zero-order valence-electron chi connectivity index (χ0n) is 14.1. The van der Waals surface area contributed by atoms with Gasteiger partial charge in [-0.2, -0.15) is 0 Å². The average molecular weight is 328 g/mol. The number of nitrogens with two attached hydrogens (primary N) is 1. The number of hydrogen-bond acceptors (Lipinski definition) is 6. The van der Waals surface area contributed by atoms with Crippen molar-refractivity contribution in [1.82, 2.24) is 24.7 Å². The summed E-state index contributed by atoms with van der Waals surface area (Å²) in [7, 11) is 1.58. The fourth-order valence-corrected chi connectivity index (χ4v) is 4.04. The topological polar surface area (TPSA) is 91.7 Å². The molecule has 1 aliphatic carbocycles. The molecule has 2 aromatic heterocycles. The van der Waals surface area contributed by atoms with Crippen molar-refractivity contribution in [2.45, 2.75) is 62.9 Å². The first kappa shape index (κ1) is 15.5. The third-order valence-electron chi connectivity index (χ3n) is 5.37. The number of fused-ring (bicyclic) bond motifs is 1. The average Bonchev–Trinajstić information content (AvgIpc) is 3.05. The van der Waals surface area contributed by atoms with Gasteiger partial charge in [0.15, 0.2) is 0 Å². The molecule has 0 spiro atoms. The predicted octanol–water partition coefficient (Wildman–Crippen LogP) is 1.79. The Bertz CT molecular complexity index is 698. The predicted molar refractivity (Wildman–Crippen MR) is 88.9 cm³/mol. The van der Waals surface area contributed by atoms with Gasteiger partial charge in [-0.3, -0.25) is 0 Å². The monoisotopic (exact) mass is 328 g/mol. The van der Waals surface area contributed by atoms with Crippen molar-refractivity contribution in [2.24, 2.45) is 5.73 Å². The van der Waals surface area contributed by atoms with Gasteiger partial charge < -0.3 is 15.0 Å². The van der Waals surface area contributed by atoms with Crippen LogP contribution in [0.3, 0.4) is 0 Å². The van der Waals surface area contributed by atoms with E-state index in [1.165, 1.54) is 12.8 Å². The van der Waals surface area contributed by atoms with E-state index in [4.69, 9.17) is 10.5 Å². The van der Waals surface area contributed by atoms with Gasteiger partial charge in [-0.15, -0.1) is 10.2 Å². The molecule has 0 saturated heterocycles.